The van der Waals surface area contributed by atoms with Gasteiger partial charge in [0.25, 0.3) is 0 Å². The van der Waals surface area contributed by atoms with Gasteiger partial charge in [0.1, 0.15) is 5.82 Å². The maximum absolute atomic E-state index is 13.3. The lowest BCUT2D eigenvalue weighted by Crippen LogP contribution is -2.34. The Kier molecular flexibility index (Phi) is 6.46. The Morgan fingerprint density at radius 1 is 1.39 bits per heavy atom. The standard InChI is InChI=1S/C24H27FN2O4/c1-17(28)19-5-4-10-24(29,16-19)30-14-3-2-11-27-12-8-18(9-13-27)23-21-7-6-20(25)15-22(21)31-26-23/h2-7,10,15,18,29H,8-9,11-14,16H2,1H3/b3-2+. The third-order valence-electron chi connectivity index (χ3n) is 5.95. The summed E-state index contributed by atoms with van der Waals surface area (Å²) >= 11 is 0. The quantitative estimate of drug-likeness (QED) is 0.535. The molecule has 2 aromatic rings. The maximum Gasteiger partial charge on any atom is 0.190 e. The van der Waals surface area contributed by atoms with Crippen molar-refractivity contribution < 1.29 is 23.6 Å². The average molecular weight is 426 g/mol. The smallest absolute Gasteiger partial charge is 0.190 e. The van der Waals surface area contributed by atoms with Crippen molar-refractivity contribution in [3.63, 3.8) is 0 Å². The van der Waals surface area contributed by atoms with E-state index in [2.05, 4.69) is 10.1 Å². The number of likely N-dealkylation sites (tertiary alicyclic amines) is 1. The summed E-state index contributed by atoms with van der Waals surface area (Å²) in [6.45, 7) is 4.42. The van der Waals surface area contributed by atoms with E-state index in [1.807, 2.05) is 12.2 Å². The molecule has 1 aromatic heterocycles. The largest absolute Gasteiger partial charge is 0.362 e. The number of ketones is 1. The predicted molar refractivity (Wildman–Crippen MR) is 115 cm³/mol. The fourth-order valence-corrected chi connectivity index (χ4v) is 4.14. The first-order valence-electron chi connectivity index (χ1n) is 10.6. The molecule has 1 unspecified atom stereocenters. The predicted octanol–water partition coefficient (Wildman–Crippen LogP) is 3.88. The van der Waals surface area contributed by atoms with E-state index in [1.165, 1.54) is 19.1 Å². The van der Waals surface area contributed by atoms with Crippen LogP contribution in [0.4, 0.5) is 4.39 Å². The molecule has 0 saturated carbocycles. The minimum Gasteiger partial charge on any atom is -0.362 e. The average Bonchev–Trinajstić information content (AvgIpc) is 3.17. The van der Waals surface area contributed by atoms with Crippen molar-refractivity contribution in [2.75, 3.05) is 26.2 Å². The summed E-state index contributed by atoms with van der Waals surface area (Å²) in [7, 11) is 0. The van der Waals surface area contributed by atoms with E-state index >= 15 is 0 Å². The molecule has 1 atom stereocenters. The van der Waals surface area contributed by atoms with Crippen LogP contribution in [-0.4, -0.2) is 53.0 Å². The molecule has 1 N–H and O–H groups in total. The van der Waals surface area contributed by atoms with E-state index in [9.17, 15) is 14.3 Å². The third kappa shape index (κ3) is 5.18. The maximum atomic E-state index is 13.3. The molecule has 2 heterocycles. The van der Waals surface area contributed by atoms with Gasteiger partial charge in [0.05, 0.1) is 12.3 Å². The molecule has 1 aliphatic heterocycles. The summed E-state index contributed by atoms with van der Waals surface area (Å²) in [5, 5.41) is 15.6. The number of fused-ring (bicyclic) bond motifs is 1. The van der Waals surface area contributed by atoms with Gasteiger partial charge in [0, 0.05) is 35.9 Å². The van der Waals surface area contributed by atoms with Crippen LogP contribution in [0.2, 0.25) is 0 Å². The van der Waals surface area contributed by atoms with Gasteiger partial charge in [0.2, 0.25) is 0 Å². The van der Waals surface area contributed by atoms with E-state index in [-0.39, 0.29) is 24.6 Å². The highest BCUT2D eigenvalue weighted by atomic mass is 19.1. The van der Waals surface area contributed by atoms with Crippen LogP contribution < -0.4 is 0 Å². The van der Waals surface area contributed by atoms with Gasteiger partial charge in [-0.25, -0.2) is 4.39 Å². The number of aliphatic hydroxyl groups is 1. The summed E-state index contributed by atoms with van der Waals surface area (Å²) in [5.41, 5.74) is 1.98. The lowest BCUT2D eigenvalue weighted by Gasteiger charge is -2.30. The van der Waals surface area contributed by atoms with E-state index in [0.29, 0.717) is 17.1 Å². The Balaban J connectivity index is 1.22. The number of piperidine rings is 1. The second-order valence-corrected chi connectivity index (χ2v) is 8.19. The molecule has 1 fully saturated rings. The molecular weight excluding hydrogens is 399 g/mol. The SMILES string of the molecule is CC(=O)C1=CC=CC(O)(OC/C=C/CN2CCC(c3noc4cc(F)ccc34)CC2)C1. The normalized spacial score (nSPS) is 23.0. The van der Waals surface area contributed by atoms with Crippen LogP contribution in [0.1, 0.15) is 37.8 Å². The zero-order valence-corrected chi connectivity index (χ0v) is 17.6. The van der Waals surface area contributed by atoms with Gasteiger partial charge in [-0.1, -0.05) is 29.5 Å². The molecule has 4 rings (SSSR count). The van der Waals surface area contributed by atoms with Crippen LogP contribution in [0.5, 0.6) is 0 Å². The van der Waals surface area contributed by atoms with Crippen molar-refractivity contribution >= 4 is 16.8 Å². The van der Waals surface area contributed by atoms with E-state index in [4.69, 9.17) is 9.26 Å². The van der Waals surface area contributed by atoms with Gasteiger partial charge < -0.3 is 14.4 Å². The van der Waals surface area contributed by atoms with Gasteiger partial charge >= 0.3 is 0 Å². The number of nitrogens with zero attached hydrogens (tertiary/aromatic N) is 2. The summed E-state index contributed by atoms with van der Waals surface area (Å²) in [6, 6.07) is 4.57. The molecule has 0 radical (unpaired) electrons. The lowest BCUT2D eigenvalue weighted by molar-refractivity contribution is -0.159. The zero-order valence-electron chi connectivity index (χ0n) is 17.6. The van der Waals surface area contributed by atoms with Crippen molar-refractivity contribution in [3.8, 4) is 0 Å². The number of halogens is 1. The number of hydrogen-bond acceptors (Lipinski definition) is 6. The number of allylic oxidation sites excluding steroid dienone is 2. The van der Waals surface area contributed by atoms with Crippen molar-refractivity contribution in [2.45, 2.75) is 37.9 Å². The summed E-state index contributed by atoms with van der Waals surface area (Å²) in [4.78, 5) is 13.8. The molecule has 6 nitrogen and oxygen atoms in total. The third-order valence-corrected chi connectivity index (χ3v) is 5.95. The van der Waals surface area contributed by atoms with E-state index in [1.54, 1.807) is 24.3 Å². The number of ether oxygens (including phenoxy) is 1. The number of rotatable bonds is 7. The second kappa shape index (κ2) is 9.26. The van der Waals surface area contributed by atoms with Crippen LogP contribution in [0.3, 0.4) is 0 Å². The van der Waals surface area contributed by atoms with E-state index < -0.39 is 5.79 Å². The Hall–Kier alpha value is -2.61. The van der Waals surface area contributed by atoms with Crippen LogP contribution in [0.15, 0.2) is 58.7 Å². The number of carbonyl (C=O) groups excluding carboxylic acids is 1. The Morgan fingerprint density at radius 2 is 2.19 bits per heavy atom. The number of aromatic nitrogens is 1. The molecule has 0 amide bonds. The minimum absolute atomic E-state index is 0.0592. The van der Waals surface area contributed by atoms with Crippen molar-refractivity contribution in [1.82, 2.24) is 10.1 Å². The van der Waals surface area contributed by atoms with Crippen LogP contribution >= 0.6 is 0 Å². The summed E-state index contributed by atoms with van der Waals surface area (Å²) in [6.07, 6.45) is 11.0. The highest BCUT2D eigenvalue weighted by molar-refractivity contribution is 5.94. The zero-order chi connectivity index (χ0) is 21.8. The molecule has 31 heavy (non-hydrogen) atoms. The summed E-state index contributed by atoms with van der Waals surface area (Å²) < 4.78 is 24.2. The first kappa shape index (κ1) is 21.6. The topological polar surface area (TPSA) is 75.8 Å². The molecule has 7 heteroatoms. The van der Waals surface area contributed by atoms with Crippen molar-refractivity contribution in [2.24, 2.45) is 0 Å². The molecule has 1 aromatic carbocycles. The molecule has 0 spiro atoms. The van der Waals surface area contributed by atoms with E-state index in [0.717, 1.165) is 43.6 Å². The lowest BCUT2D eigenvalue weighted by atomic mass is 9.91. The fraction of sp³-hybridized carbons (Fsp3) is 0.417. The molecule has 2 aliphatic rings. The van der Waals surface area contributed by atoms with Gasteiger partial charge in [-0.2, -0.15) is 0 Å². The number of benzene rings is 1. The summed E-state index contributed by atoms with van der Waals surface area (Å²) in [5.74, 6) is -1.49. The molecule has 0 bridgehead atoms. The van der Waals surface area contributed by atoms with Gasteiger partial charge in [-0.3, -0.25) is 9.69 Å². The Bertz CT molecular complexity index is 1030. The van der Waals surface area contributed by atoms with Gasteiger partial charge in [-0.15, -0.1) is 0 Å². The molecule has 164 valence electrons. The monoisotopic (exact) mass is 426 g/mol. The molecular formula is C24H27FN2O4. The van der Waals surface area contributed by atoms with Crippen molar-refractivity contribution in [3.05, 3.63) is 65.7 Å². The van der Waals surface area contributed by atoms with Crippen molar-refractivity contribution in [1.29, 1.82) is 0 Å². The molecule has 1 saturated heterocycles. The van der Waals surface area contributed by atoms with Gasteiger partial charge in [-0.05, 0) is 51.1 Å². The minimum atomic E-state index is -1.43. The Labute approximate surface area is 180 Å². The number of Topliss-reactive ketones (excluding diaryl/α,β-unsaturated/α-hetero) is 1. The number of carbonyl (C=O) groups is 1. The number of hydrogen-bond donors (Lipinski definition) is 1. The highest BCUT2D eigenvalue weighted by Gasteiger charge is 2.29. The van der Waals surface area contributed by atoms with Crippen LogP contribution in [0.25, 0.3) is 11.0 Å². The van der Waals surface area contributed by atoms with Crippen LogP contribution in [0, 0.1) is 5.82 Å². The Morgan fingerprint density at radius 3 is 2.97 bits per heavy atom. The second-order valence-electron chi connectivity index (χ2n) is 8.19. The first-order chi connectivity index (χ1) is 14.9. The first-order valence-corrected chi connectivity index (χ1v) is 10.6. The molecule has 1 aliphatic carbocycles. The highest BCUT2D eigenvalue weighted by Crippen LogP contribution is 2.32. The van der Waals surface area contributed by atoms with Gasteiger partial charge in [0.15, 0.2) is 17.2 Å². The van der Waals surface area contributed by atoms with Crippen LogP contribution in [-0.2, 0) is 9.53 Å². The fourth-order valence-electron chi connectivity index (χ4n) is 4.14.